The summed E-state index contributed by atoms with van der Waals surface area (Å²) in [6.45, 7) is 0. The molecular formula is C9H6ClI3N2O2. The molecule has 0 aliphatic heterocycles. The standard InChI is InChI=1S/C9H6ClI3N2O2/c1-15-7-5(12)2(8(10)16)4(11)3(6(7)13)9(14)17/h15H,1H3,(H2,14,17). The highest BCUT2D eigenvalue weighted by Gasteiger charge is 2.25. The summed E-state index contributed by atoms with van der Waals surface area (Å²) < 4.78 is 1.86. The molecule has 1 rings (SSSR count). The minimum Gasteiger partial charge on any atom is -0.386 e. The first kappa shape index (κ1) is 15.7. The van der Waals surface area contributed by atoms with Crippen LogP contribution in [0.15, 0.2) is 0 Å². The van der Waals surface area contributed by atoms with Crippen LogP contribution in [0.4, 0.5) is 5.69 Å². The summed E-state index contributed by atoms with van der Waals surface area (Å²) in [5.41, 5.74) is 6.64. The summed E-state index contributed by atoms with van der Waals surface area (Å²) in [7, 11) is 1.71. The lowest BCUT2D eigenvalue weighted by molar-refractivity contribution is 0.0998. The highest BCUT2D eigenvalue weighted by atomic mass is 127. The first-order valence-corrected chi connectivity index (χ1v) is 7.82. The van der Waals surface area contributed by atoms with E-state index in [9.17, 15) is 9.59 Å². The molecule has 0 atom stereocenters. The van der Waals surface area contributed by atoms with Crippen LogP contribution in [0.3, 0.4) is 0 Å². The van der Waals surface area contributed by atoms with Crippen LogP contribution in [-0.4, -0.2) is 18.2 Å². The number of benzene rings is 1. The van der Waals surface area contributed by atoms with E-state index in [0.29, 0.717) is 27.5 Å². The molecule has 0 unspecified atom stereocenters. The molecule has 1 aromatic rings. The monoisotopic (exact) mass is 590 g/mol. The van der Waals surface area contributed by atoms with Crippen LogP contribution in [-0.2, 0) is 0 Å². The van der Waals surface area contributed by atoms with Crippen LogP contribution in [0.1, 0.15) is 20.7 Å². The van der Waals surface area contributed by atoms with Gasteiger partial charge < -0.3 is 11.1 Å². The summed E-state index contributed by atoms with van der Waals surface area (Å²) in [6, 6.07) is 0. The molecule has 0 saturated heterocycles. The average Bonchev–Trinajstić information content (AvgIpc) is 2.16. The molecule has 3 N–H and O–H groups in total. The second kappa shape index (κ2) is 6.19. The van der Waals surface area contributed by atoms with Gasteiger partial charge in [-0.3, -0.25) is 9.59 Å². The van der Waals surface area contributed by atoms with Gasteiger partial charge in [-0.2, -0.15) is 0 Å². The maximum atomic E-state index is 11.4. The zero-order valence-electron chi connectivity index (χ0n) is 8.41. The van der Waals surface area contributed by atoms with Crippen molar-refractivity contribution in [3.05, 3.63) is 21.8 Å². The van der Waals surface area contributed by atoms with Crippen molar-refractivity contribution in [2.45, 2.75) is 0 Å². The molecule has 0 spiro atoms. The third-order valence-corrected chi connectivity index (χ3v) is 5.44. The highest BCUT2D eigenvalue weighted by Crippen LogP contribution is 2.35. The van der Waals surface area contributed by atoms with E-state index in [-0.39, 0.29) is 0 Å². The molecule has 0 saturated carbocycles. The maximum Gasteiger partial charge on any atom is 0.254 e. The summed E-state index contributed by atoms with van der Waals surface area (Å²) >= 11 is 11.5. The minimum absolute atomic E-state index is 0.312. The van der Waals surface area contributed by atoms with Crippen LogP contribution >= 0.6 is 79.4 Å². The lowest BCUT2D eigenvalue weighted by Crippen LogP contribution is -2.19. The zero-order valence-corrected chi connectivity index (χ0v) is 15.6. The van der Waals surface area contributed by atoms with Crippen LogP contribution in [0, 0.1) is 10.7 Å². The maximum absolute atomic E-state index is 11.4. The van der Waals surface area contributed by atoms with E-state index in [1.807, 2.05) is 67.8 Å². The normalized spacial score (nSPS) is 10.2. The third kappa shape index (κ3) is 2.97. The van der Waals surface area contributed by atoms with E-state index < -0.39 is 11.1 Å². The fourth-order valence-corrected chi connectivity index (χ4v) is 6.51. The Hall–Kier alpha value is 0.640. The first-order valence-electron chi connectivity index (χ1n) is 4.20. The predicted molar refractivity (Wildman–Crippen MR) is 92.8 cm³/mol. The van der Waals surface area contributed by atoms with Gasteiger partial charge in [0.1, 0.15) is 0 Å². The molecule has 0 heterocycles. The highest BCUT2D eigenvalue weighted by molar-refractivity contribution is 14.1. The molecular weight excluding hydrogens is 584 g/mol. The molecule has 92 valence electrons. The second-order valence-corrected chi connectivity index (χ2v) is 6.53. The van der Waals surface area contributed by atoms with Gasteiger partial charge >= 0.3 is 0 Å². The van der Waals surface area contributed by atoms with Crippen LogP contribution < -0.4 is 11.1 Å². The van der Waals surface area contributed by atoms with Gasteiger partial charge in [-0.05, 0) is 79.4 Å². The van der Waals surface area contributed by atoms with Gasteiger partial charge in [0.15, 0.2) is 0 Å². The largest absolute Gasteiger partial charge is 0.386 e. The summed E-state index contributed by atoms with van der Waals surface area (Å²) in [5.74, 6) is -0.578. The Bertz CT molecular complexity index is 478. The average molecular weight is 590 g/mol. The van der Waals surface area contributed by atoms with Crippen molar-refractivity contribution >= 4 is 96.2 Å². The van der Waals surface area contributed by atoms with Crippen LogP contribution in [0.2, 0.25) is 0 Å². The summed E-state index contributed by atoms with van der Waals surface area (Å²) in [6.07, 6.45) is 0. The Morgan fingerprint density at radius 1 is 1.12 bits per heavy atom. The molecule has 1 amide bonds. The number of rotatable bonds is 3. The van der Waals surface area contributed by atoms with E-state index in [0.717, 1.165) is 0 Å². The smallest absolute Gasteiger partial charge is 0.254 e. The van der Waals surface area contributed by atoms with Gasteiger partial charge in [-0.25, -0.2) is 0 Å². The SMILES string of the molecule is CNc1c(I)c(C(N)=O)c(I)c(C(=O)Cl)c1I. The van der Waals surface area contributed by atoms with Gasteiger partial charge in [-0.15, -0.1) is 0 Å². The molecule has 1 aromatic carbocycles. The van der Waals surface area contributed by atoms with Crippen LogP contribution in [0.25, 0.3) is 0 Å². The Labute approximate surface area is 144 Å². The van der Waals surface area contributed by atoms with Gasteiger partial charge in [0, 0.05) is 10.6 Å². The lowest BCUT2D eigenvalue weighted by Gasteiger charge is -2.15. The number of halogens is 4. The zero-order chi connectivity index (χ0) is 13.3. The molecule has 0 radical (unpaired) electrons. The van der Waals surface area contributed by atoms with Crippen molar-refractivity contribution in [2.24, 2.45) is 5.73 Å². The van der Waals surface area contributed by atoms with Crippen molar-refractivity contribution in [1.29, 1.82) is 0 Å². The fourth-order valence-electron chi connectivity index (χ4n) is 1.27. The van der Waals surface area contributed by atoms with Gasteiger partial charge in [0.05, 0.1) is 24.0 Å². The minimum atomic E-state index is -0.603. The van der Waals surface area contributed by atoms with Crippen molar-refractivity contribution in [3.63, 3.8) is 0 Å². The fraction of sp³-hybridized carbons (Fsp3) is 0.111. The van der Waals surface area contributed by atoms with E-state index in [4.69, 9.17) is 17.3 Å². The summed E-state index contributed by atoms with van der Waals surface area (Å²) in [4.78, 5) is 22.8. The van der Waals surface area contributed by atoms with Gasteiger partial charge in [0.25, 0.3) is 11.1 Å². The molecule has 0 aliphatic rings. The van der Waals surface area contributed by atoms with E-state index in [2.05, 4.69) is 5.32 Å². The summed E-state index contributed by atoms with van der Waals surface area (Å²) in [5, 5.41) is 2.34. The molecule has 17 heavy (non-hydrogen) atoms. The number of anilines is 1. The number of carbonyl (C=O) groups is 2. The lowest BCUT2D eigenvalue weighted by atomic mass is 10.1. The van der Waals surface area contributed by atoms with Crippen molar-refractivity contribution in [1.82, 2.24) is 0 Å². The Morgan fingerprint density at radius 3 is 1.94 bits per heavy atom. The quantitative estimate of drug-likeness (QED) is 0.421. The number of primary amides is 1. The van der Waals surface area contributed by atoms with Gasteiger partial charge in [-0.1, -0.05) is 0 Å². The molecule has 8 heteroatoms. The van der Waals surface area contributed by atoms with Crippen molar-refractivity contribution in [3.8, 4) is 0 Å². The Morgan fingerprint density at radius 2 is 1.59 bits per heavy atom. The topological polar surface area (TPSA) is 72.2 Å². The number of hydrogen-bond donors (Lipinski definition) is 2. The third-order valence-electron chi connectivity index (χ3n) is 2.01. The Kier molecular flexibility index (Phi) is 5.72. The number of carbonyl (C=O) groups excluding carboxylic acids is 2. The number of nitrogens with two attached hydrogens (primary N) is 1. The van der Waals surface area contributed by atoms with E-state index in [1.54, 1.807) is 7.05 Å². The molecule has 0 fully saturated rings. The van der Waals surface area contributed by atoms with E-state index >= 15 is 0 Å². The van der Waals surface area contributed by atoms with Crippen molar-refractivity contribution in [2.75, 3.05) is 12.4 Å². The number of amides is 1. The van der Waals surface area contributed by atoms with E-state index in [1.165, 1.54) is 0 Å². The first-order chi connectivity index (χ1) is 7.82. The molecule has 0 aromatic heterocycles. The number of nitrogens with one attached hydrogen (secondary N) is 1. The predicted octanol–water partition coefficient (Wildman–Crippen LogP) is 3.02. The molecule has 0 bridgehead atoms. The molecule has 0 aliphatic carbocycles. The van der Waals surface area contributed by atoms with Crippen LogP contribution in [0.5, 0.6) is 0 Å². The van der Waals surface area contributed by atoms with Crippen molar-refractivity contribution < 1.29 is 9.59 Å². The second-order valence-electron chi connectivity index (χ2n) is 2.95. The Balaban J connectivity index is 3.82. The van der Waals surface area contributed by atoms with Gasteiger partial charge in [0.2, 0.25) is 0 Å². The number of hydrogen-bond acceptors (Lipinski definition) is 3. The molecule has 4 nitrogen and oxygen atoms in total.